The topological polar surface area (TPSA) is 30.9 Å². The minimum Gasteiger partial charge on any atom is -0.378 e. The lowest BCUT2D eigenvalue weighted by Crippen LogP contribution is -2.57. The molecule has 3 fully saturated rings. The minimum atomic E-state index is -1.03. The lowest BCUT2D eigenvalue weighted by Gasteiger charge is -2.50. The van der Waals surface area contributed by atoms with Gasteiger partial charge in [-0.1, -0.05) is 25.1 Å². The second-order valence-corrected chi connectivity index (χ2v) is 6.87. The Kier molecular flexibility index (Phi) is 2.98. The third kappa shape index (κ3) is 2.10. The molecule has 2 bridgehead atoms. The smallest absolute Gasteiger partial charge is 0.312 e. The Labute approximate surface area is 130 Å². The summed E-state index contributed by atoms with van der Waals surface area (Å²) in [5.41, 5.74) is 2.08. The maximum Gasteiger partial charge on any atom is 0.312 e. The first-order valence-electron chi connectivity index (χ1n) is 7.63. The van der Waals surface area contributed by atoms with E-state index in [-0.39, 0.29) is 5.41 Å². The van der Waals surface area contributed by atoms with E-state index in [1.807, 2.05) is 20.2 Å². The number of anilines is 1. The molecule has 0 unspecified atom stereocenters. The van der Waals surface area contributed by atoms with E-state index in [1.54, 1.807) is 0 Å². The predicted octanol–water partition coefficient (Wildman–Crippen LogP) is 3.10. The van der Waals surface area contributed by atoms with Crippen molar-refractivity contribution in [3.8, 4) is 0 Å². The van der Waals surface area contributed by atoms with Crippen LogP contribution >= 0.6 is 0 Å². The monoisotopic (exact) mass is 299 g/mol. The lowest BCUT2D eigenvalue weighted by atomic mass is 9.91. The van der Waals surface area contributed by atoms with E-state index < -0.39 is 5.97 Å². The number of benzene rings is 2. The van der Waals surface area contributed by atoms with Crippen molar-refractivity contribution in [1.82, 2.24) is 0 Å². The van der Waals surface area contributed by atoms with Crippen LogP contribution in [0.4, 0.5) is 5.69 Å². The van der Waals surface area contributed by atoms with Crippen LogP contribution in [0, 0.1) is 5.41 Å². The molecule has 0 radical (unpaired) electrons. The van der Waals surface area contributed by atoms with Crippen molar-refractivity contribution in [3.63, 3.8) is 0 Å². The van der Waals surface area contributed by atoms with E-state index in [4.69, 9.17) is 14.2 Å². The zero-order valence-corrected chi connectivity index (χ0v) is 13.3. The normalized spacial score (nSPS) is 30.7. The van der Waals surface area contributed by atoms with Crippen molar-refractivity contribution >= 4 is 16.5 Å². The number of rotatable bonds is 2. The molecule has 4 heteroatoms. The summed E-state index contributed by atoms with van der Waals surface area (Å²) in [6.07, 6.45) is 0. The van der Waals surface area contributed by atoms with Crippen molar-refractivity contribution < 1.29 is 14.2 Å². The van der Waals surface area contributed by atoms with Crippen molar-refractivity contribution in [2.75, 3.05) is 38.8 Å². The first-order chi connectivity index (χ1) is 10.5. The van der Waals surface area contributed by atoms with Crippen LogP contribution in [0.25, 0.3) is 10.8 Å². The first kappa shape index (κ1) is 14.0. The number of nitrogens with zero attached hydrogens (tertiary/aromatic N) is 1. The van der Waals surface area contributed by atoms with Gasteiger partial charge >= 0.3 is 5.97 Å². The number of hydrogen-bond acceptors (Lipinski definition) is 4. The molecule has 0 saturated carbocycles. The number of hydrogen-bond donors (Lipinski definition) is 0. The molecule has 0 atom stereocenters. The van der Waals surface area contributed by atoms with Crippen molar-refractivity contribution in [1.29, 1.82) is 0 Å². The van der Waals surface area contributed by atoms with Gasteiger partial charge in [0.1, 0.15) is 0 Å². The Balaban J connectivity index is 1.76. The average molecular weight is 299 g/mol. The molecular formula is C18H21NO3. The minimum absolute atomic E-state index is 0.0172. The maximum absolute atomic E-state index is 5.93. The van der Waals surface area contributed by atoms with Crippen LogP contribution in [0.2, 0.25) is 0 Å². The highest BCUT2D eigenvalue weighted by Gasteiger charge is 2.51. The molecule has 4 nitrogen and oxygen atoms in total. The van der Waals surface area contributed by atoms with Crippen LogP contribution < -0.4 is 4.90 Å². The van der Waals surface area contributed by atoms with E-state index in [1.165, 1.54) is 11.1 Å². The van der Waals surface area contributed by atoms with Gasteiger partial charge in [0, 0.05) is 30.8 Å². The van der Waals surface area contributed by atoms with E-state index in [2.05, 4.69) is 42.2 Å². The molecule has 0 aliphatic carbocycles. The Hall–Kier alpha value is -1.62. The summed E-state index contributed by atoms with van der Waals surface area (Å²) >= 11 is 0. The zero-order chi connectivity index (χ0) is 15.4. The highest BCUT2D eigenvalue weighted by molar-refractivity contribution is 5.86. The molecule has 2 aromatic carbocycles. The second-order valence-electron chi connectivity index (χ2n) is 6.87. The van der Waals surface area contributed by atoms with Crippen LogP contribution in [-0.2, 0) is 20.2 Å². The summed E-state index contributed by atoms with van der Waals surface area (Å²) < 4.78 is 17.8. The summed E-state index contributed by atoms with van der Waals surface area (Å²) in [7, 11) is 4.09. The summed E-state index contributed by atoms with van der Waals surface area (Å²) in [6.45, 7) is 4.13. The molecule has 3 saturated heterocycles. The molecule has 116 valence electrons. The second kappa shape index (κ2) is 4.69. The quantitative estimate of drug-likeness (QED) is 0.852. The van der Waals surface area contributed by atoms with Gasteiger partial charge < -0.3 is 19.1 Å². The maximum atomic E-state index is 5.93. The van der Waals surface area contributed by atoms with Crippen LogP contribution in [0.15, 0.2) is 36.4 Å². The molecule has 0 spiro atoms. The van der Waals surface area contributed by atoms with E-state index in [0.717, 1.165) is 10.9 Å². The van der Waals surface area contributed by atoms with Gasteiger partial charge in [0.2, 0.25) is 0 Å². The largest absolute Gasteiger partial charge is 0.378 e. The van der Waals surface area contributed by atoms with E-state index >= 15 is 0 Å². The van der Waals surface area contributed by atoms with Gasteiger partial charge in [-0.2, -0.15) is 0 Å². The summed E-state index contributed by atoms with van der Waals surface area (Å²) in [4.78, 5) is 2.10. The Morgan fingerprint density at radius 1 is 0.864 bits per heavy atom. The molecule has 3 heterocycles. The van der Waals surface area contributed by atoms with Gasteiger partial charge in [-0.3, -0.25) is 0 Å². The molecule has 0 aromatic heterocycles. The van der Waals surface area contributed by atoms with Gasteiger partial charge in [0.25, 0.3) is 0 Å². The predicted molar refractivity (Wildman–Crippen MR) is 85.9 cm³/mol. The number of fused-ring (bicyclic) bond motifs is 4. The van der Waals surface area contributed by atoms with Crippen molar-refractivity contribution in [2.45, 2.75) is 12.9 Å². The molecule has 3 aliphatic heterocycles. The summed E-state index contributed by atoms with van der Waals surface area (Å²) in [6, 6.07) is 12.7. The Morgan fingerprint density at radius 2 is 1.50 bits per heavy atom. The fourth-order valence-electron chi connectivity index (χ4n) is 3.01. The van der Waals surface area contributed by atoms with Crippen LogP contribution in [0.1, 0.15) is 12.5 Å². The molecule has 3 aliphatic rings. The first-order valence-corrected chi connectivity index (χ1v) is 7.63. The summed E-state index contributed by atoms with van der Waals surface area (Å²) in [5.74, 6) is -1.03. The van der Waals surface area contributed by atoms with Crippen LogP contribution in [-0.4, -0.2) is 33.9 Å². The standard InChI is InChI=1S/C18H21NO3/c1-17-10-20-18(21-11-17,22-12-17)15-6-4-13-5-7-16(19(2)3)9-14(13)8-15/h4-9H,10-12H2,1-3H3. The highest BCUT2D eigenvalue weighted by Crippen LogP contribution is 2.44. The van der Waals surface area contributed by atoms with Gasteiger partial charge in [-0.15, -0.1) is 0 Å². The van der Waals surface area contributed by atoms with Crippen molar-refractivity contribution in [3.05, 3.63) is 42.0 Å². The molecule has 22 heavy (non-hydrogen) atoms. The average Bonchev–Trinajstić information content (AvgIpc) is 2.55. The van der Waals surface area contributed by atoms with Gasteiger partial charge in [0.05, 0.1) is 19.8 Å². The van der Waals surface area contributed by atoms with Gasteiger partial charge in [-0.25, -0.2) is 0 Å². The van der Waals surface area contributed by atoms with Gasteiger partial charge in [0.15, 0.2) is 0 Å². The third-order valence-electron chi connectivity index (χ3n) is 4.53. The SMILES string of the molecule is CN(C)c1ccc2ccc(C34OCC(C)(CO3)CO4)cc2c1. The Morgan fingerprint density at radius 3 is 2.14 bits per heavy atom. The highest BCUT2D eigenvalue weighted by atomic mass is 16.9. The summed E-state index contributed by atoms with van der Waals surface area (Å²) in [5, 5.41) is 2.36. The molecular weight excluding hydrogens is 278 g/mol. The third-order valence-corrected chi connectivity index (χ3v) is 4.53. The zero-order valence-electron chi connectivity index (χ0n) is 13.3. The van der Waals surface area contributed by atoms with E-state index in [9.17, 15) is 0 Å². The van der Waals surface area contributed by atoms with Crippen molar-refractivity contribution in [2.24, 2.45) is 5.41 Å². The van der Waals surface area contributed by atoms with E-state index in [0.29, 0.717) is 19.8 Å². The Bertz CT molecular complexity index is 701. The molecule has 0 N–H and O–H groups in total. The molecule has 0 amide bonds. The number of ether oxygens (including phenoxy) is 3. The van der Waals surface area contributed by atoms with Crippen LogP contribution in [0.5, 0.6) is 0 Å². The fourth-order valence-corrected chi connectivity index (χ4v) is 3.01. The van der Waals surface area contributed by atoms with Crippen LogP contribution in [0.3, 0.4) is 0 Å². The van der Waals surface area contributed by atoms with Gasteiger partial charge in [-0.05, 0) is 29.0 Å². The lowest BCUT2D eigenvalue weighted by molar-refractivity contribution is -0.477. The molecule has 5 rings (SSSR count). The fraction of sp³-hybridized carbons (Fsp3) is 0.444. The molecule has 2 aromatic rings.